The van der Waals surface area contributed by atoms with Crippen LogP contribution in [-0.2, 0) is 6.42 Å². The van der Waals surface area contributed by atoms with Crippen LogP contribution >= 0.6 is 0 Å². The first-order chi connectivity index (χ1) is 6.86. The SMILES string of the molecule is O=c1c(O)c(O)c(O)c(CC(F)F)n1O. The van der Waals surface area contributed by atoms with Gasteiger partial charge >= 0.3 is 5.56 Å². The summed E-state index contributed by atoms with van der Waals surface area (Å²) in [6.07, 6.45) is -4.07. The van der Waals surface area contributed by atoms with Crippen LogP contribution in [0.2, 0.25) is 0 Å². The standard InChI is InChI=1S/C7H7F2NO5/c8-3(9)1-2-4(11)5(12)6(13)7(14)10(2)15/h3,11-13,15H,1H2. The number of nitrogens with zero attached hydrogens (tertiary/aromatic N) is 1. The molecule has 0 atom stereocenters. The van der Waals surface area contributed by atoms with E-state index >= 15 is 0 Å². The molecule has 1 aromatic rings. The van der Waals surface area contributed by atoms with Crippen LogP contribution in [-0.4, -0.2) is 31.7 Å². The zero-order valence-corrected chi connectivity index (χ0v) is 7.18. The molecule has 8 heteroatoms. The van der Waals surface area contributed by atoms with Gasteiger partial charge in [-0.2, -0.15) is 0 Å². The molecule has 0 aliphatic heterocycles. The van der Waals surface area contributed by atoms with Crippen LogP contribution in [0, 0.1) is 0 Å². The third-order valence-electron chi connectivity index (χ3n) is 1.72. The second kappa shape index (κ2) is 3.64. The predicted molar refractivity (Wildman–Crippen MR) is 42.6 cm³/mol. The maximum absolute atomic E-state index is 12.0. The van der Waals surface area contributed by atoms with Gasteiger partial charge in [0, 0.05) is 0 Å². The second-order valence-electron chi connectivity index (χ2n) is 2.70. The van der Waals surface area contributed by atoms with Gasteiger partial charge in [0.05, 0.1) is 6.42 Å². The minimum atomic E-state index is -2.93. The molecule has 0 unspecified atom stereocenters. The quantitative estimate of drug-likeness (QED) is 0.529. The van der Waals surface area contributed by atoms with E-state index in [1.54, 1.807) is 0 Å². The molecule has 1 heterocycles. The van der Waals surface area contributed by atoms with Crippen LogP contribution in [0.1, 0.15) is 5.69 Å². The topological polar surface area (TPSA) is 103 Å². The Morgan fingerprint density at radius 3 is 2.13 bits per heavy atom. The van der Waals surface area contributed by atoms with Crippen molar-refractivity contribution in [3.63, 3.8) is 0 Å². The maximum Gasteiger partial charge on any atom is 0.329 e. The summed E-state index contributed by atoms with van der Waals surface area (Å²) in [6.45, 7) is 0. The molecule has 0 aliphatic rings. The minimum Gasteiger partial charge on any atom is -0.503 e. The van der Waals surface area contributed by atoms with Gasteiger partial charge in [-0.05, 0) is 0 Å². The summed E-state index contributed by atoms with van der Waals surface area (Å²) in [6, 6.07) is 0. The highest BCUT2D eigenvalue weighted by molar-refractivity contribution is 5.49. The number of pyridine rings is 1. The van der Waals surface area contributed by atoms with E-state index in [0.717, 1.165) is 0 Å². The summed E-state index contributed by atoms with van der Waals surface area (Å²) in [5.41, 5.74) is -2.36. The fraction of sp³-hybridized carbons (Fsp3) is 0.286. The van der Waals surface area contributed by atoms with E-state index in [2.05, 4.69) is 0 Å². The van der Waals surface area contributed by atoms with E-state index in [9.17, 15) is 13.6 Å². The Balaban J connectivity index is 3.46. The highest BCUT2D eigenvalue weighted by Gasteiger charge is 2.22. The highest BCUT2D eigenvalue weighted by Crippen LogP contribution is 2.34. The first-order valence-corrected chi connectivity index (χ1v) is 3.72. The van der Waals surface area contributed by atoms with Crippen molar-refractivity contribution >= 4 is 0 Å². The van der Waals surface area contributed by atoms with Gasteiger partial charge in [-0.15, -0.1) is 4.73 Å². The Morgan fingerprint density at radius 2 is 1.67 bits per heavy atom. The van der Waals surface area contributed by atoms with Crippen LogP contribution in [0.4, 0.5) is 8.78 Å². The monoisotopic (exact) mass is 223 g/mol. The lowest BCUT2D eigenvalue weighted by Crippen LogP contribution is -2.22. The van der Waals surface area contributed by atoms with Crippen LogP contribution in [0.25, 0.3) is 0 Å². The van der Waals surface area contributed by atoms with E-state index in [-0.39, 0.29) is 4.73 Å². The van der Waals surface area contributed by atoms with Crippen molar-refractivity contribution in [2.45, 2.75) is 12.8 Å². The zero-order chi connectivity index (χ0) is 11.7. The van der Waals surface area contributed by atoms with E-state index in [4.69, 9.17) is 20.5 Å². The van der Waals surface area contributed by atoms with Gasteiger partial charge in [-0.25, -0.2) is 8.78 Å². The van der Waals surface area contributed by atoms with Crippen molar-refractivity contribution in [1.29, 1.82) is 0 Å². The van der Waals surface area contributed by atoms with Gasteiger partial charge in [0.15, 0.2) is 5.75 Å². The van der Waals surface area contributed by atoms with Crippen LogP contribution in [0.15, 0.2) is 4.79 Å². The summed E-state index contributed by atoms with van der Waals surface area (Å²) in [4.78, 5) is 10.9. The van der Waals surface area contributed by atoms with Crippen LogP contribution in [0.5, 0.6) is 17.2 Å². The van der Waals surface area contributed by atoms with Crippen molar-refractivity contribution in [1.82, 2.24) is 4.73 Å². The third-order valence-corrected chi connectivity index (χ3v) is 1.72. The fourth-order valence-electron chi connectivity index (χ4n) is 1.00. The fourth-order valence-corrected chi connectivity index (χ4v) is 1.00. The minimum absolute atomic E-state index is 0.337. The van der Waals surface area contributed by atoms with Crippen LogP contribution < -0.4 is 5.56 Å². The maximum atomic E-state index is 12.0. The zero-order valence-electron chi connectivity index (χ0n) is 7.18. The lowest BCUT2D eigenvalue weighted by Gasteiger charge is -2.10. The molecule has 0 aliphatic carbocycles. The summed E-state index contributed by atoms with van der Waals surface area (Å²) in [5, 5.41) is 35.8. The lowest BCUT2D eigenvalue weighted by molar-refractivity contribution is 0.115. The van der Waals surface area contributed by atoms with E-state index < -0.39 is 41.3 Å². The molecule has 0 fully saturated rings. The van der Waals surface area contributed by atoms with Gasteiger partial charge < -0.3 is 20.5 Å². The second-order valence-corrected chi connectivity index (χ2v) is 2.70. The van der Waals surface area contributed by atoms with Crippen molar-refractivity contribution in [2.75, 3.05) is 0 Å². The van der Waals surface area contributed by atoms with Crippen molar-refractivity contribution in [3.8, 4) is 17.2 Å². The first kappa shape index (κ1) is 11.1. The molecule has 1 aromatic heterocycles. The molecular weight excluding hydrogens is 216 g/mol. The number of halogens is 2. The molecule has 0 amide bonds. The molecule has 84 valence electrons. The molecule has 0 bridgehead atoms. The Kier molecular flexibility index (Phi) is 2.69. The molecule has 4 N–H and O–H groups in total. The number of hydrogen-bond donors (Lipinski definition) is 4. The number of aromatic hydroxyl groups is 3. The van der Waals surface area contributed by atoms with Crippen molar-refractivity contribution < 1.29 is 29.3 Å². The summed E-state index contributed by atoms with van der Waals surface area (Å²) >= 11 is 0. The smallest absolute Gasteiger partial charge is 0.329 e. The molecular formula is C7H7F2NO5. The summed E-state index contributed by atoms with van der Waals surface area (Å²) in [5.74, 6) is -3.70. The number of alkyl halides is 2. The largest absolute Gasteiger partial charge is 0.503 e. The molecule has 0 spiro atoms. The number of hydrogen-bond acceptors (Lipinski definition) is 5. The molecule has 0 saturated carbocycles. The molecule has 15 heavy (non-hydrogen) atoms. The van der Waals surface area contributed by atoms with E-state index in [1.165, 1.54) is 0 Å². The van der Waals surface area contributed by atoms with Crippen LogP contribution in [0.3, 0.4) is 0 Å². The highest BCUT2D eigenvalue weighted by atomic mass is 19.3. The van der Waals surface area contributed by atoms with Gasteiger partial charge in [-0.1, -0.05) is 0 Å². The normalized spacial score (nSPS) is 10.9. The Labute approximate surface area is 81.2 Å². The lowest BCUT2D eigenvalue weighted by atomic mass is 10.2. The summed E-state index contributed by atoms with van der Waals surface area (Å²) < 4.78 is 23.6. The van der Waals surface area contributed by atoms with Gasteiger partial charge in [-0.3, -0.25) is 4.79 Å². The average Bonchev–Trinajstić information content (AvgIpc) is 2.18. The first-order valence-electron chi connectivity index (χ1n) is 3.72. The number of aromatic nitrogens is 1. The van der Waals surface area contributed by atoms with Crippen molar-refractivity contribution in [3.05, 3.63) is 16.0 Å². The Morgan fingerprint density at radius 1 is 1.13 bits per heavy atom. The molecule has 0 radical (unpaired) electrons. The number of rotatable bonds is 2. The molecule has 0 aromatic carbocycles. The average molecular weight is 223 g/mol. The molecule has 0 saturated heterocycles. The Hall–Kier alpha value is -1.99. The van der Waals surface area contributed by atoms with Gasteiger partial charge in [0.2, 0.25) is 17.9 Å². The Bertz CT molecular complexity index is 442. The molecule has 1 rings (SSSR count). The van der Waals surface area contributed by atoms with Crippen molar-refractivity contribution in [2.24, 2.45) is 0 Å². The third kappa shape index (κ3) is 1.78. The predicted octanol–water partition coefficient (Wildman–Crippen LogP) is 0.01000. The van der Waals surface area contributed by atoms with E-state index in [1.807, 2.05) is 0 Å². The van der Waals surface area contributed by atoms with Gasteiger partial charge in [0.1, 0.15) is 5.69 Å². The summed E-state index contributed by atoms with van der Waals surface area (Å²) in [7, 11) is 0. The van der Waals surface area contributed by atoms with E-state index in [0.29, 0.717) is 0 Å². The van der Waals surface area contributed by atoms with Gasteiger partial charge in [0.25, 0.3) is 0 Å². The molecule has 6 nitrogen and oxygen atoms in total.